The third-order valence-corrected chi connectivity index (χ3v) is 5.07. The molecule has 2 heterocycles. The minimum atomic E-state index is -0.197. The Morgan fingerprint density at radius 2 is 2.27 bits per heavy atom. The lowest BCUT2D eigenvalue weighted by molar-refractivity contribution is -0.125. The zero-order valence-electron chi connectivity index (χ0n) is 17.2. The molecule has 0 radical (unpaired) electrons. The highest BCUT2D eigenvalue weighted by Gasteiger charge is 2.22. The molecule has 1 amide bonds. The third-order valence-electron chi connectivity index (χ3n) is 4.79. The second kappa shape index (κ2) is 10.4. The number of benzene rings is 1. The number of nitrogens with zero attached hydrogens (tertiary/aromatic N) is 3. The number of aromatic nitrogens is 2. The molecule has 1 saturated heterocycles. The van der Waals surface area contributed by atoms with E-state index < -0.39 is 0 Å². The molecule has 0 aliphatic carbocycles. The van der Waals surface area contributed by atoms with Crippen LogP contribution in [0.2, 0.25) is 5.02 Å². The largest absolute Gasteiger partial charge is 0.495 e. The van der Waals surface area contributed by atoms with Crippen molar-refractivity contribution < 1.29 is 19.0 Å². The lowest BCUT2D eigenvalue weighted by Crippen LogP contribution is -2.37. The van der Waals surface area contributed by atoms with Crippen LogP contribution >= 0.6 is 11.6 Å². The Morgan fingerprint density at radius 3 is 3.00 bits per heavy atom. The minimum absolute atomic E-state index is 0.0113. The van der Waals surface area contributed by atoms with E-state index in [1.807, 2.05) is 25.1 Å². The molecular weight excluding hydrogens is 410 g/mol. The van der Waals surface area contributed by atoms with Gasteiger partial charge in [-0.1, -0.05) is 17.7 Å². The molecular formula is C20H26ClN5O4. The van der Waals surface area contributed by atoms with Crippen LogP contribution in [0.5, 0.6) is 5.75 Å². The van der Waals surface area contributed by atoms with Crippen LogP contribution in [0.1, 0.15) is 18.6 Å². The number of hydrogen-bond acceptors (Lipinski definition) is 8. The predicted octanol–water partition coefficient (Wildman–Crippen LogP) is 2.86. The average molecular weight is 436 g/mol. The van der Waals surface area contributed by atoms with Crippen LogP contribution in [0.15, 0.2) is 24.4 Å². The van der Waals surface area contributed by atoms with Crippen molar-refractivity contribution in [3.63, 3.8) is 0 Å². The van der Waals surface area contributed by atoms with Gasteiger partial charge in [0.15, 0.2) is 5.82 Å². The van der Waals surface area contributed by atoms with Gasteiger partial charge in [-0.05, 0) is 24.6 Å². The van der Waals surface area contributed by atoms with E-state index >= 15 is 0 Å². The molecule has 30 heavy (non-hydrogen) atoms. The van der Waals surface area contributed by atoms with Crippen LogP contribution in [0.3, 0.4) is 0 Å². The monoisotopic (exact) mass is 435 g/mol. The maximum absolute atomic E-state index is 11.1. The average Bonchev–Trinajstić information content (AvgIpc) is 2.79. The fraction of sp³-hybridized carbons (Fsp3) is 0.450. The molecule has 1 fully saturated rings. The molecule has 0 saturated carbocycles. The van der Waals surface area contributed by atoms with Crippen LogP contribution in [0.4, 0.5) is 17.5 Å². The summed E-state index contributed by atoms with van der Waals surface area (Å²) in [6.07, 6.45) is 2.19. The molecule has 0 spiro atoms. The van der Waals surface area contributed by atoms with Crippen molar-refractivity contribution in [2.45, 2.75) is 19.1 Å². The SMILES string of the molecule is COc1cc(C2CN(C=O)CCO2)ccc1Nc1ncc(Cl)c(NCC(C)OC)n1. The number of ether oxygens (including phenoxy) is 3. The quantitative estimate of drug-likeness (QED) is 0.580. The van der Waals surface area contributed by atoms with Gasteiger partial charge in [-0.15, -0.1) is 0 Å². The van der Waals surface area contributed by atoms with E-state index in [0.29, 0.717) is 54.5 Å². The molecule has 3 rings (SSSR count). The fourth-order valence-electron chi connectivity index (χ4n) is 2.97. The molecule has 1 aliphatic rings. The van der Waals surface area contributed by atoms with E-state index in [4.69, 9.17) is 25.8 Å². The summed E-state index contributed by atoms with van der Waals surface area (Å²) in [5, 5.41) is 6.73. The standard InChI is InChI=1S/C20H26ClN5O4/c1-13(28-2)9-22-19-15(21)10-23-20(25-19)24-16-5-4-14(8-17(16)29-3)18-11-26(12-27)6-7-30-18/h4-5,8,10,12-13,18H,6-7,9,11H2,1-3H3,(H2,22,23,24,25). The van der Waals surface area contributed by atoms with Gasteiger partial charge in [0, 0.05) is 20.2 Å². The Morgan fingerprint density at radius 1 is 1.43 bits per heavy atom. The summed E-state index contributed by atoms with van der Waals surface area (Å²) in [5.74, 6) is 1.50. The molecule has 1 aromatic carbocycles. The Kier molecular flexibility index (Phi) is 7.67. The molecule has 1 aromatic heterocycles. The number of amides is 1. The number of hydrogen-bond donors (Lipinski definition) is 2. The smallest absolute Gasteiger partial charge is 0.229 e. The van der Waals surface area contributed by atoms with Crippen molar-refractivity contribution in [1.82, 2.24) is 14.9 Å². The van der Waals surface area contributed by atoms with Crippen molar-refractivity contribution >= 4 is 35.5 Å². The summed E-state index contributed by atoms with van der Waals surface area (Å²) < 4.78 is 16.6. The summed E-state index contributed by atoms with van der Waals surface area (Å²) in [4.78, 5) is 21.4. The predicted molar refractivity (Wildman–Crippen MR) is 115 cm³/mol. The van der Waals surface area contributed by atoms with Crippen LogP contribution in [0.25, 0.3) is 0 Å². The molecule has 1 aliphatic heterocycles. The molecule has 2 N–H and O–H groups in total. The first kappa shape index (κ1) is 22.1. The first-order chi connectivity index (χ1) is 14.5. The van der Waals surface area contributed by atoms with Crippen molar-refractivity contribution in [3.05, 3.63) is 35.0 Å². The van der Waals surface area contributed by atoms with E-state index in [1.165, 1.54) is 6.20 Å². The first-order valence-corrected chi connectivity index (χ1v) is 9.97. The second-order valence-corrected chi connectivity index (χ2v) is 7.27. The van der Waals surface area contributed by atoms with Gasteiger partial charge >= 0.3 is 0 Å². The lowest BCUT2D eigenvalue weighted by atomic mass is 10.1. The van der Waals surface area contributed by atoms with Gasteiger partial charge < -0.3 is 29.7 Å². The summed E-state index contributed by atoms with van der Waals surface area (Å²) in [6.45, 7) is 4.11. The Bertz CT molecular complexity index is 869. The lowest BCUT2D eigenvalue weighted by Gasteiger charge is -2.30. The van der Waals surface area contributed by atoms with Gasteiger partial charge in [0.25, 0.3) is 0 Å². The fourth-order valence-corrected chi connectivity index (χ4v) is 3.13. The summed E-state index contributed by atoms with van der Waals surface area (Å²) in [6, 6.07) is 5.69. The summed E-state index contributed by atoms with van der Waals surface area (Å²) >= 11 is 6.19. The molecule has 9 nitrogen and oxygen atoms in total. The normalized spacial score (nSPS) is 17.3. The van der Waals surface area contributed by atoms with E-state index in [-0.39, 0.29) is 12.2 Å². The second-order valence-electron chi connectivity index (χ2n) is 6.86. The van der Waals surface area contributed by atoms with E-state index in [0.717, 1.165) is 12.0 Å². The van der Waals surface area contributed by atoms with E-state index in [2.05, 4.69) is 20.6 Å². The molecule has 2 aromatic rings. The number of carbonyl (C=O) groups is 1. The number of carbonyl (C=O) groups excluding carboxylic acids is 1. The van der Waals surface area contributed by atoms with Crippen LogP contribution in [0, 0.1) is 0 Å². The first-order valence-electron chi connectivity index (χ1n) is 9.59. The van der Waals surface area contributed by atoms with Crippen LogP contribution in [-0.2, 0) is 14.3 Å². The van der Waals surface area contributed by atoms with Crippen molar-refractivity contribution in [2.24, 2.45) is 0 Å². The molecule has 162 valence electrons. The molecule has 2 atom stereocenters. The van der Waals surface area contributed by atoms with Crippen molar-refractivity contribution in [3.8, 4) is 5.75 Å². The zero-order valence-corrected chi connectivity index (χ0v) is 18.0. The van der Waals surface area contributed by atoms with Gasteiger partial charge in [0.1, 0.15) is 16.9 Å². The van der Waals surface area contributed by atoms with Crippen LogP contribution in [-0.4, -0.2) is 67.8 Å². The molecule has 10 heteroatoms. The third kappa shape index (κ3) is 5.50. The molecule has 0 bridgehead atoms. The summed E-state index contributed by atoms with van der Waals surface area (Å²) in [5.41, 5.74) is 1.62. The topological polar surface area (TPSA) is 97.8 Å². The van der Waals surface area contributed by atoms with Gasteiger partial charge in [-0.3, -0.25) is 4.79 Å². The Balaban J connectivity index is 1.75. The zero-order chi connectivity index (χ0) is 21.5. The minimum Gasteiger partial charge on any atom is -0.495 e. The maximum atomic E-state index is 11.1. The number of methoxy groups -OCH3 is 2. The number of morpholine rings is 1. The van der Waals surface area contributed by atoms with Gasteiger partial charge in [0.2, 0.25) is 12.4 Å². The van der Waals surface area contributed by atoms with Crippen LogP contribution < -0.4 is 15.4 Å². The Labute approximate surface area is 180 Å². The highest BCUT2D eigenvalue weighted by molar-refractivity contribution is 6.32. The number of anilines is 3. The maximum Gasteiger partial charge on any atom is 0.229 e. The van der Waals surface area contributed by atoms with Crippen molar-refractivity contribution in [1.29, 1.82) is 0 Å². The van der Waals surface area contributed by atoms with E-state index in [1.54, 1.807) is 19.1 Å². The highest BCUT2D eigenvalue weighted by Crippen LogP contribution is 2.32. The van der Waals surface area contributed by atoms with Gasteiger partial charge in [-0.25, -0.2) is 4.98 Å². The highest BCUT2D eigenvalue weighted by atomic mass is 35.5. The van der Waals surface area contributed by atoms with Gasteiger partial charge in [-0.2, -0.15) is 4.98 Å². The van der Waals surface area contributed by atoms with Crippen molar-refractivity contribution in [2.75, 3.05) is 51.1 Å². The molecule has 2 unspecified atom stereocenters. The number of rotatable bonds is 9. The summed E-state index contributed by atoms with van der Waals surface area (Å²) in [7, 11) is 3.23. The van der Waals surface area contributed by atoms with Gasteiger partial charge in [0.05, 0.1) is 38.2 Å². The van der Waals surface area contributed by atoms with E-state index in [9.17, 15) is 4.79 Å². The number of halogens is 1. The number of nitrogens with one attached hydrogen (secondary N) is 2. The Hall–Kier alpha value is -2.62.